The van der Waals surface area contributed by atoms with Crippen LogP contribution in [0.5, 0.6) is 0 Å². The average Bonchev–Trinajstić information content (AvgIpc) is 3.07. The highest BCUT2D eigenvalue weighted by atomic mass is 32.1. The van der Waals surface area contributed by atoms with Crippen molar-refractivity contribution in [2.75, 3.05) is 13.1 Å². The lowest BCUT2D eigenvalue weighted by Crippen LogP contribution is -2.39. The molecular weight excluding hydrogens is 316 g/mol. The van der Waals surface area contributed by atoms with Gasteiger partial charge in [-0.3, -0.25) is 9.78 Å². The number of aryl methyl sites for hydroxylation is 1. The second-order valence-corrected chi connectivity index (χ2v) is 7.40. The van der Waals surface area contributed by atoms with Gasteiger partial charge in [-0.15, -0.1) is 11.3 Å². The molecule has 0 radical (unpaired) electrons. The number of carbonyl (C=O) groups is 1. The minimum atomic E-state index is 0.174. The van der Waals surface area contributed by atoms with Crippen LogP contribution >= 0.6 is 11.3 Å². The highest BCUT2D eigenvalue weighted by Crippen LogP contribution is 2.29. The van der Waals surface area contributed by atoms with E-state index in [9.17, 15) is 4.79 Å². The fourth-order valence-corrected chi connectivity index (χ4v) is 4.35. The predicted molar refractivity (Wildman–Crippen MR) is 98.7 cm³/mol. The Morgan fingerprint density at radius 1 is 1.25 bits per heavy atom. The summed E-state index contributed by atoms with van der Waals surface area (Å²) in [6.07, 6.45) is 4.09. The molecule has 3 nitrogen and oxygen atoms in total. The molecule has 1 atom stereocenters. The number of nitrogens with zero attached hydrogens (tertiary/aromatic N) is 2. The van der Waals surface area contributed by atoms with Gasteiger partial charge in [0, 0.05) is 36.3 Å². The Balaban J connectivity index is 1.57. The number of pyridine rings is 1. The van der Waals surface area contributed by atoms with Gasteiger partial charge in [-0.2, -0.15) is 0 Å². The average molecular weight is 336 g/mol. The standard InChI is InChI=1S/C20H20N2OS/c1-14-8-10-24-19(14)20(23)22-9-4-7-17(13-22)18-11-15-5-2-3-6-16(15)12-21-18/h2-3,5-6,8,10-12,17H,4,7,9,13H2,1H3/t17-/m0/s1. The number of carbonyl (C=O) groups excluding carboxylic acids is 1. The van der Waals surface area contributed by atoms with Crippen LogP contribution in [0.2, 0.25) is 0 Å². The van der Waals surface area contributed by atoms with Crippen molar-refractivity contribution >= 4 is 28.0 Å². The molecule has 0 unspecified atom stereocenters. The van der Waals surface area contributed by atoms with Gasteiger partial charge >= 0.3 is 0 Å². The van der Waals surface area contributed by atoms with Crippen LogP contribution in [0.4, 0.5) is 0 Å². The fraction of sp³-hybridized carbons (Fsp3) is 0.300. The molecule has 1 amide bonds. The van der Waals surface area contributed by atoms with Gasteiger partial charge in [-0.1, -0.05) is 24.3 Å². The summed E-state index contributed by atoms with van der Waals surface area (Å²) >= 11 is 1.54. The second-order valence-electron chi connectivity index (χ2n) is 6.48. The van der Waals surface area contributed by atoms with Gasteiger partial charge in [0.05, 0.1) is 4.88 Å². The van der Waals surface area contributed by atoms with Crippen molar-refractivity contribution in [2.45, 2.75) is 25.7 Å². The lowest BCUT2D eigenvalue weighted by Gasteiger charge is -2.32. The number of aromatic nitrogens is 1. The Hall–Kier alpha value is -2.20. The van der Waals surface area contributed by atoms with E-state index in [1.54, 1.807) is 11.3 Å². The molecule has 1 aromatic carbocycles. The summed E-state index contributed by atoms with van der Waals surface area (Å²) < 4.78 is 0. The van der Waals surface area contributed by atoms with E-state index in [1.165, 1.54) is 10.8 Å². The number of hydrogen-bond donors (Lipinski definition) is 0. The molecule has 1 saturated heterocycles. The summed E-state index contributed by atoms with van der Waals surface area (Å²) in [5.41, 5.74) is 2.19. The SMILES string of the molecule is Cc1ccsc1C(=O)N1CCC[C@H](c2cc3ccccc3cn2)C1. The van der Waals surface area contributed by atoms with E-state index >= 15 is 0 Å². The summed E-state index contributed by atoms with van der Waals surface area (Å²) in [4.78, 5) is 20.3. The Kier molecular flexibility index (Phi) is 4.07. The summed E-state index contributed by atoms with van der Waals surface area (Å²) in [5.74, 6) is 0.501. The zero-order chi connectivity index (χ0) is 16.5. The Morgan fingerprint density at radius 2 is 2.08 bits per heavy atom. The Morgan fingerprint density at radius 3 is 2.88 bits per heavy atom. The largest absolute Gasteiger partial charge is 0.337 e. The molecule has 1 aliphatic rings. The predicted octanol–water partition coefficient (Wildman–Crippen LogP) is 4.62. The third-order valence-corrected chi connectivity index (χ3v) is 5.84. The van der Waals surface area contributed by atoms with E-state index in [0.29, 0.717) is 5.92 Å². The molecule has 1 aliphatic heterocycles. The summed E-state index contributed by atoms with van der Waals surface area (Å²) in [6, 6.07) is 12.5. The number of thiophene rings is 1. The first-order valence-electron chi connectivity index (χ1n) is 8.40. The van der Waals surface area contributed by atoms with Gasteiger partial charge in [-0.05, 0) is 48.2 Å². The zero-order valence-corrected chi connectivity index (χ0v) is 14.6. The monoisotopic (exact) mass is 336 g/mol. The van der Waals surface area contributed by atoms with Crippen molar-refractivity contribution < 1.29 is 4.79 Å². The maximum Gasteiger partial charge on any atom is 0.264 e. The molecule has 3 heterocycles. The lowest BCUT2D eigenvalue weighted by molar-refractivity contribution is 0.0710. The van der Waals surface area contributed by atoms with Gasteiger partial charge in [0.2, 0.25) is 0 Å². The van der Waals surface area contributed by atoms with Crippen LogP contribution in [-0.4, -0.2) is 28.9 Å². The van der Waals surface area contributed by atoms with Crippen molar-refractivity contribution in [1.29, 1.82) is 0 Å². The van der Waals surface area contributed by atoms with Crippen molar-refractivity contribution in [3.63, 3.8) is 0 Å². The van der Waals surface area contributed by atoms with Crippen molar-refractivity contribution in [2.24, 2.45) is 0 Å². The molecule has 122 valence electrons. The highest BCUT2D eigenvalue weighted by Gasteiger charge is 2.27. The van der Waals surface area contributed by atoms with Gasteiger partial charge in [0.1, 0.15) is 0 Å². The fourth-order valence-electron chi connectivity index (χ4n) is 3.46. The van der Waals surface area contributed by atoms with Crippen LogP contribution in [0.25, 0.3) is 10.8 Å². The molecule has 4 rings (SSSR count). The van der Waals surface area contributed by atoms with Crippen LogP contribution in [-0.2, 0) is 0 Å². The molecule has 0 aliphatic carbocycles. The molecule has 2 aromatic heterocycles. The molecule has 24 heavy (non-hydrogen) atoms. The molecule has 0 bridgehead atoms. The molecule has 3 aromatic rings. The lowest BCUT2D eigenvalue weighted by atomic mass is 9.93. The number of piperidine rings is 1. The first kappa shape index (κ1) is 15.3. The normalized spacial score (nSPS) is 18.0. The van der Waals surface area contributed by atoms with E-state index in [0.717, 1.165) is 42.1 Å². The number of benzene rings is 1. The maximum absolute atomic E-state index is 12.8. The van der Waals surface area contributed by atoms with Gasteiger partial charge in [-0.25, -0.2) is 0 Å². The van der Waals surface area contributed by atoms with Crippen molar-refractivity contribution in [3.8, 4) is 0 Å². The minimum absolute atomic E-state index is 0.174. The van der Waals surface area contributed by atoms with E-state index < -0.39 is 0 Å². The molecule has 4 heteroatoms. The number of likely N-dealkylation sites (tertiary alicyclic amines) is 1. The van der Waals surface area contributed by atoms with Crippen LogP contribution in [0, 0.1) is 6.92 Å². The van der Waals surface area contributed by atoms with Crippen LogP contribution in [0.3, 0.4) is 0 Å². The van der Waals surface area contributed by atoms with E-state index in [4.69, 9.17) is 0 Å². The van der Waals surface area contributed by atoms with Crippen molar-refractivity contribution in [3.05, 3.63) is 64.1 Å². The number of hydrogen-bond acceptors (Lipinski definition) is 3. The van der Waals surface area contributed by atoms with Crippen LogP contribution in [0.1, 0.15) is 39.7 Å². The van der Waals surface area contributed by atoms with E-state index in [1.807, 2.05) is 35.5 Å². The van der Waals surface area contributed by atoms with Crippen LogP contribution < -0.4 is 0 Å². The first-order valence-corrected chi connectivity index (χ1v) is 9.28. The quantitative estimate of drug-likeness (QED) is 0.684. The zero-order valence-electron chi connectivity index (χ0n) is 13.7. The van der Waals surface area contributed by atoms with Gasteiger partial charge in [0.15, 0.2) is 0 Å². The number of rotatable bonds is 2. The molecular formula is C20H20N2OS. The summed E-state index contributed by atoms with van der Waals surface area (Å²) in [7, 11) is 0. The van der Waals surface area contributed by atoms with Crippen molar-refractivity contribution in [1.82, 2.24) is 9.88 Å². The topological polar surface area (TPSA) is 33.2 Å². The van der Waals surface area contributed by atoms with E-state index in [-0.39, 0.29) is 5.91 Å². The third kappa shape index (κ3) is 2.82. The maximum atomic E-state index is 12.8. The Labute approximate surface area is 146 Å². The molecule has 0 spiro atoms. The summed E-state index contributed by atoms with van der Waals surface area (Å²) in [6.45, 7) is 3.62. The second kappa shape index (κ2) is 6.36. The van der Waals surface area contributed by atoms with Crippen LogP contribution in [0.15, 0.2) is 48.0 Å². The van der Waals surface area contributed by atoms with Gasteiger partial charge in [0.25, 0.3) is 5.91 Å². The molecule has 1 fully saturated rings. The smallest absolute Gasteiger partial charge is 0.264 e. The number of fused-ring (bicyclic) bond motifs is 1. The van der Waals surface area contributed by atoms with E-state index in [2.05, 4.69) is 29.2 Å². The third-order valence-electron chi connectivity index (χ3n) is 4.84. The highest BCUT2D eigenvalue weighted by molar-refractivity contribution is 7.12. The molecule has 0 N–H and O–H groups in total. The first-order chi connectivity index (χ1) is 11.7. The Bertz CT molecular complexity index is 886. The summed E-state index contributed by atoms with van der Waals surface area (Å²) in [5, 5.41) is 4.38. The number of amides is 1. The molecule has 0 saturated carbocycles. The van der Waals surface area contributed by atoms with Gasteiger partial charge < -0.3 is 4.90 Å². The minimum Gasteiger partial charge on any atom is -0.337 e.